The Morgan fingerprint density at radius 1 is 1.15 bits per heavy atom. The first-order valence-electron chi connectivity index (χ1n) is 7.47. The molecular formula is C16H22ClN3. The molecule has 0 aliphatic carbocycles. The summed E-state index contributed by atoms with van der Waals surface area (Å²) < 4.78 is 2.24. The van der Waals surface area contributed by atoms with E-state index >= 15 is 0 Å². The minimum Gasteiger partial charge on any atom is -0.346 e. The summed E-state index contributed by atoms with van der Waals surface area (Å²) >= 11 is 6.13. The number of benzene rings is 1. The van der Waals surface area contributed by atoms with Crippen LogP contribution in [0.25, 0.3) is 10.9 Å². The fourth-order valence-corrected chi connectivity index (χ4v) is 3.32. The summed E-state index contributed by atoms with van der Waals surface area (Å²) in [5, 5.41) is 2.11. The van der Waals surface area contributed by atoms with Crippen molar-refractivity contribution < 1.29 is 0 Å². The van der Waals surface area contributed by atoms with Crippen LogP contribution in [0.2, 0.25) is 5.02 Å². The third-order valence-corrected chi connectivity index (χ3v) is 4.43. The zero-order valence-electron chi connectivity index (χ0n) is 11.8. The minimum atomic E-state index is 0.655. The van der Waals surface area contributed by atoms with Crippen molar-refractivity contribution in [2.45, 2.75) is 25.8 Å². The van der Waals surface area contributed by atoms with E-state index in [0.717, 1.165) is 24.5 Å². The van der Waals surface area contributed by atoms with E-state index < -0.39 is 0 Å². The first-order chi connectivity index (χ1) is 9.78. The van der Waals surface area contributed by atoms with Crippen molar-refractivity contribution in [2.75, 3.05) is 26.2 Å². The summed E-state index contributed by atoms with van der Waals surface area (Å²) in [6, 6.07) is 6.17. The normalized spacial score (nSPS) is 16.3. The van der Waals surface area contributed by atoms with Crippen molar-refractivity contribution in [1.29, 1.82) is 0 Å². The summed E-state index contributed by atoms with van der Waals surface area (Å²) in [5.41, 5.74) is 8.33. The second kappa shape index (κ2) is 6.17. The summed E-state index contributed by atoms with van der Waals surface area (Å²) in [4.78, 5) is 2.56. The number of nitrogens with zero attached hydrogens (tertiary/aromatic N) is 2. The maximum absolute atomic E-state index is 6.13. The predicted octanol–water partition coefficient (Wildman–Crippen LogP) is 2.89. The first kappa shape index (κ1) is 13.9. The fourth-order valence-electron chi connectivity index (χ4n) is 3.15. The van der Waals surface area contributed by atoms with Crippen LogP contribution in [0.15, 0.2) is 24.4 Å². The van der Waals surface area contributed by atoms with E-state index in [4.69, 9.17) is 17.3 Å². The largest absolute Gasteiger partial charge is 0.346 e. The highest BCUT2D eigenvalue weighted by molar-refractivity contribution is 6.31. The van der Waals surface area contributed by atoms with Crippen LogP contribution in [0.1, 0.15) is 18.4 Å². The second-order valence-corrected chi connectivity index (χ2v) is 6.03. The highest BCUT2D eigenvalue weighted by Gasteiger charge is 2.13. The lowest BCUT2D eigenvalue weighted by Crippen LogP contribution is -2.21. The zero-order valence-corrected chi connectivity index (χ0v) is 12.6. The Labute approximate surface area is 125 Å². The molecule has 1 aliphatic rings. The van der Waals surface area contributed by atoms with Gasteiger partial charge in [0.05, 0.1) is 0 Å². The van der Waals surface area contributed by atoms with Gasteiger partial charge in [0.2, 0.25) is 0 Å². The molecule has 4 heteroatoms. The van der Waals surface area contributed by atoms with Crippen molar-refractivity contribution in [3.05, 3.63) is 35.0 Å². The van der Waals surface area contributed by atoms with Crippen molar-refractivity contribution in [3.8, 4) is 0 Å². The van der Waals surface area contributed by atoms with Gasteiger partial charge in [-0.3, -0.25) is 0 Å². The summed E-state index contributed by atoms with van der Waals surface area (Å²) in [6.45, 7) is 5.17. The molecule has 0 spiro atoms. The molecule has 1 saturated heterocycles. The van der Waals surface area contributed by atoms with E-state index in [9.17, 15) is 0 Å². The van der Waals surface area contributed by atoms with E-state index in [1.54, 1.807) is 0 Å². The molecule has 1 aliphatic heterocycles. The summed E-state index contributed by atoms with van der Waals surface area (Å²) in [6.07, 6.45) is 6.06. The smallest absolute Gasteiger partial charge is 0.0498 e. The molecule has 2 heterocycles. The Morgan fingerprint density at radius 3 is 2.70 bits per heavy atom. The Hall–Kier alpha value is -1.03. The van der Waals surface area contributed by atoms with Crippen molar-refractivity contribution in [2.24, 2.45) is 5.73 Å². The summed E-state index contributed by atoms with van der Waals surface area (Å²) in [5.74, 6) is 0. The van der Waals surface area contributed by atoms with Gasteiger partial charge in [-0.05, 0) is 50.0 Å². The van der Waals surface area contributed by atoms with Crippen molar-refractivity contribution in [3.63, 3.8) is 0 Å². The van der Waals surface area contributed by atoms with E-state index in [1.807, 2.05) is 12.1 Å². The molecule has 0 saturated carbocycles. The molecule has 3 rings (SSSR count). The number of fused-ring (bicyclic) bond motifs is 1. The molecule has 2 N–H and O–H groups in total. The van der Waals surface area contributed by atoms with Gasteiger partial charge in [0.25, 0.3) is 0 Å². The maximum atomic E-state index is 6.13. The van der Waals surface area contributed by atoms with Gasteiger partial charge in [-0.25, -0.2) is 0 Å². The van der Waals surface area contributed by atoms with Gasteiger partial charge in [0.1, 0.15) is 0 Å². The lowest BCUT2D eigenvalue weighted by molar-refractivity contribution is 0.344. The number of likely N-dealkylation sites (tertiary alicyclic amines) is 1. The SMILES string of the molecule is NCCn1cc(CCN2CCCC2)c2ccc(Cl)cc21. The van der Waals surface area contributed by atoms with Crippen LogP contribution in [0.5, 0.6) is 0 Å². The first-order valence-corrected chi connectivity index (χ1v) is 7.85. The average Bonchev–Trinajstić information content (AvgIpc) is 3.05. The number of aromatic nitrogens is 1. The van der Waals surface area contributed by atoms with E-state index in [2.05, 4.69) is 21.7 Å². The Balaban J connectivity index is 1.85. The zero-order chi connectivity index (χ0) is 13.9. The number of rotatable bonds is 5. The van der Waals surface area contributed by atoms with E-state index in [1.165, 1.54) is 42.4 Å². The van der Waals surface area contributed by atoms with Gasteiger partial charge in [0, 0.05) is 41.8 Å². The molecular weight excluding hydrogens is 270 g/mol. The lowest BCUT2D eigenvalue weighted by atomic mass is 10.1. The van der Waals surface area contributed by atoms with Crippen LogP contribution >= 0.6 is 11.6 Å². The monoisotopic (exact) mass is 291 g/mol. The van der Waals surface area contributed by atoms with E-state index in [0.29, 0.717) is 6.54 Å². The Bertz CT molecular complexity index is 585. The molecule has 108 valence electrons. The molecule has 0 radical (unpaired) electrons. The predicted molar refractivity (Wildman–Crippen MR) is 85.4 cm³/mol. The minimum absolute atomic E-state index is 0.655. The number of hydrogen-bond acceptors (Lipinski definition) is 2. The van der Waals surface area contributed by atoms with Crippen LogP contribution in [0, 0.1) is 0 Å². The van der Waals surface area contributed by atoms with E-state index in [-0.39, 0.29) is 0 Å². The average molecular weight is 292 g/mol. The molecule has 1 aromatic heterocycles. The van der Waals surface area contributed by atoms with Crippen LogP contribution in [0.3, 0.4) is 0 Å². The topological polar surface area (TPSA) is 34.2 Å². The van der Waals surface area contributed by atoms with Gasteiger partial charge in [0.15, 0.2) is 0 Å². The van der Waals surface area contributed by atoms with Gasteiger partial charge < -0.3 is 15.2 Å². The molecule has 0 amide bonds. The highest BCUT2D eigenvalue weighted by Crippen LogP contribution is 2.25. The molecule has 0 atom stereocenters. The maximum Gasteiger partial charge on any atom is 0.0498 e. The number of hydrogen-bond donors (Lipinski definition) is 1. The molecule has 1 fully saturated rings. The molecule has 20 heavy (non-hydrogen) atoms. The van der Waals surface area contributed by atoms with Crippen LogP contribution in [0.4, 0.5) is 0 Å². The quantitative estimate of drug-likeness (QED) is 0.919. The fraction of sp³-hybridized carbons (Fsp3) is 0.500. The van der Waals surface area contributed by atoms with Crippen molar-refractivity contribution in [1.82, 2.24) is 9.47 Å². The third kappa shape index (κ3) is 2.85. The molecule has 3 nitrogen and oxygen atoms in total. The number of nitrogens with two attached hydrogens (primary N) is 1. The molecule has 0 unspecified atom stereocenters. The molecule has 2 aromatic rings. The van der Waals surface area contributed by atoms with Crippen LogP contribution < -0.4 is 5.73 Å². The van der Waals surface area contributed by atoms with Crippen LogP contribution in [-0.2, 0) is 13.0 Å². The molecule has 1 aromatic carbocycles. The van der Waals surface area contributed by atoms with Crippen LogP contribution in [-0.4, -0.2) is 35.6 Å². The summed E-state index contributed by atoms with van der Waals surface area (Å²) in [7, 11) is 0. The van der Waals surface area contributed by atoms with Gasteiger partial charge in [-0.1, -0.05) is 17.7 Å². The highest BCUT2D eigenvalue weighted by atomic mass is 35.5. The Morgan fingerprint density at radius 2 is 1.95 bits per heavy atom. The number of halogens is 1. The van der Waals surface area contributed by atoms with Gasteiger partial charge in [-0.15, -0.1) is 0 Å². The van der Waals surface area contributed by atoms with Crippen molar-refractivity contribution >= 4 is 22.5 Å². The standard InChI is InChI=1S/C16H22ClN3/c17-14-3-4-15-13(5-9-19-7-1-2-8-19)12-20(10-6-18)16(15)11-14/h3-4,11-12H,1-2,5-10,18H2. The second-order valence-electron chi connectivity index (χ2n) is 5.60. The third-order valence-electron chi connectivity index (χ3n) is 4.19. The van der Waals surface area contributed by atoms with Gasteiger partial charge in [-0.2, -0.15) is 0 Å². The van der Waals surface area contributed by atoms with Gasteiger partial charge >= 0.3 is 0 Å². The lowest BCUT2D eigenvalue weighted by Gasteiger charge is -2.13. The Kier molecular flexibility index (Phi) is 4.29. The molecule has 0 bridgehead atoms.